The van der Waals surface area contributed by atoms with Crippen molar-refractivity contribution in [1.29, 1.82) is 0 Å². The number of benzene rings is 6. The molecule has 3 heteroatoms. The fourth-order valence-corrected chi connectivity index (χ4v) is 6.66. The van der Waals surface area contributed by atoms with Gasteiger partial charge >= 0.3 is 0 Å². The molecule has 0 saturated heterocycles. The van der Waals surface area contributed by atoms with Crippen LogP contribution in [0.2, 0.25) is 0 Å². The van der Waals surface area contributed by atoms with E-state index in [1.54, 1.807) is 0 Å². The summed E-state index contributed by atoms with van der Waals surface area (Å²) in [5, 5.41) is 7.27. The molecule has 9 aromatic rings. The normalized spacial score (nSPS) is 12.1. The Morgan fingerprint density at radius 1 is 0.425 bits per heavy atom. The second-order valence-electron chi connectivity index (χ2n) is 10.7. The number of hydrogen-bond acceptors (Lipinski definition) is 1. The molecular formula is C37H24N2O. The Labute approximate surface area is 230 Å². The maximum Gasteiger partial charge on any atom is 0.135 e. The van der Waals surface area contributed by atoms with Crippen LogP contribution in [0, 0.1) is 6.92 Å². The van der Waals surface area contributed by atoms with Gasteiger partial charge in [0.2, 0.25) is 0 Å². The molecule has 3 nitrogen and oxygen atoms in total. The summed E-state index contributed by atoms with van der Waals surface area (Å²) in [7, 11) is 0. The summed E-state index contributed by atoms with van der Waals surface area (Å²) >= 11 is 0. The molecule has 6 aromatic carbocycles. The van der Waals surface area contributed by atoms with E-state index in [0.717, 1.165) is 27.6 Å². The molecule has 0 atom stereocenters. The summed E-state index contributed by atoms with van der Waals surface area (Å²) in [5.74, 6) is 0. The van der Waals surface area contributed by atoms with Crippen molar-refractivity contribution in [3.8, 4) is 11.4 Å². The van der Waals surface area contributed by atoms with Crippen LogP contribution < -0.4 is 0 Å². The van der Waals surface area contributed by atoms with E-state index in [4.69, 9.17) is 4.42 Å². The van der Waals surface area contributed by atoms with Gasteiger partial charge in [0.15, 0.2) is 0 Å². The lowest BCUT2D eigenvalue weighted by Crippen LogP contribution is -1.99. The van der Waals surface area contributed by atoms with E-state index in [0.29, 0.717) is 0 Å². The number of aromatic nitrogens is 2. The summed E-state index contributed by atoms with van der Waals surface area (Å²) in [5.41, 5.74) is 10.2. The third kappa shape index (κ3) is 2.84. The van der Waals surface area contributed by atoms with Crippen molar-refractivity contribution in [2.45, 2.75) is 6.92 Å². The molecule has 0 fully saturated rings. The van der Waals surface area contributed by atoms with Crippen molar-refractivity contribution < 1.29 is 4.42 Å². The molecule has 0 bridgehead atoms. The summed E-state index contributed by atoms with van der Waals surface area (Å²) in [6.07, 6.45) is 0. The van der Waals surface area contributed by atoms with E-state index in [2.05, 4.69) is 131 Å². The zero-order valence-corrected chi connectivity index (χ0v) is 21.9. The Morgan fingerprint density at radius 2 is 1.00 bits per heavy atom. The van der Waals surface area contributed by atoms with Crippen LogP contribution in [0.15, 0.2) is 132 Å². The summed E-state index contributed by atoms with van der Waals surface area (Å²) in [6.45, 7) is 2.16. The van der Waals surface area contributed by atoms with Crippen LogP contribution in [-0.2, 0) is 0 Å². The highest BCUT2D eigenvalue weighted by atomic mass is 16.3. The highest BCUT2D eigenvalue weighted by Crippen LogP contribution is 2.42. The Bertz CT molecular complexity index is 2450. The summed E-state index contributed by atoms with van der Waals surface area (Å²) < 4.78 is 11.1. The molecule has 0 unspecified atom stereocenters. The fraction of sp³-hybridized carbons (Fsp3) is 0.0270. The molecule has 0 spiro atoms. The zero-order chi connectivity index (χ0) is 26.4. The van der Waals surface area contributed by atoms with Crippen molar-refractivity contribution in [2.75, 3.05) is 0 Å². The van der Waals surface area contributed by atoms with Gasteiger partial charge in [0, 0.05) is 43.7 Å². The molecular weight excluding hydrogens is 488 g/mol. The molecule has 188 valence electrons. The molecule has 0 aliphatic rings. The Hall–Kier alpha value is -5.28. The molecule has 0 amide bonds. The first-order valence-electron chi connectivity index (χ1n) is 13.7. The molecule has 40 heavy (non-hydrogen) atoms. The number of hydrogen-bond donors (Lipinski definition) is 0. The lowest BCUT2D eigenvalue weighted by atomic mass is 10.1. The van der Waals surface area contributed by atoms with Gasteiger partial charge in [-0.25, -0.2) is 0 Å². The maximum absolute atomic E-state index is 6.18. The van der Waals surface area contributed by atoms with Crippen LogP contribution in [-0.4, -0.2) is 9.13 Å². The fourth-order valence-electron chi connectivity index (χ4n) is 6.66. The standard InChI is InChI=1S/C37H24N2O/c1-23-9-8-10-24(21-23)38-32-14-5-2-11-26(32)29-18-19-30-27-12-3-6-15-33(27)39(37(30)36(29)38)25-17-20-35-31(22-25)28-13-4-7-16-34(28)40-35/h2-22H,1H3. The van der Waals surface area contributed by atoms with Gasteiger partial charge < -0.3 is 13.6 Å². The predicted molar refractivity (Wildman–Crippen MR) is 167 cm³/mol. The van der Waals surface area contributed by atoms with E-state index in [1.165, 1.54) is 54.9 Å². The van der Waals surface area contributed by atoms with Gasteiger partial charge in [0.1, 0.15) is 11.2 Å². The summed E-state index contributed by atoms with van der Waals surface area (Å²) in [4.78, 5) is 0. The lowest BCUT2D eigenvalue weighted by Gasteiger charge is -2.13. The predicted octanol–water partition coefficient (Wildman–Crippen LogP) is 10.1. The lowest BCUT2D eigenvalue weighted by molar-refractivity contribution is 0.669. The number of furan rings is 1. The minimum absolute atomic E-state index is 0.907. The van der Waals surface area contributed by atoms with Gasteiger partial charge in [0.05, 0.1) is 22.1 Å². The van der Waals surface area contributed by atoms with Crippen molar-refractivity contribution in [1.82, 2.24) is 9.13 Å². The van der Waals surface area contributed by atoms with Crippen molar-refractivity contribution in [3.05, 3.63) is 133 Å². The monoisotopic (exact) mass is 512 g/mol. The highest BCUT2D eigenvalue weighted by molar-refractivity contribution is 6.24. The van der Waals surface area contributed by atoms with Crippen LogP contribution in [0.25, 0.3) is 76.9 Å². The minimum Gasteiger partial charge on any atom is -0.456 e. The maximum atomic E-state index is 6.18. The number of para-hydroxylation sites is 3. The van der Waals surface area contributed by atoms with E-state index >= 15 is 0 Å². The number of aryl methyl sites for hydroxylation is 1. The van der Waals surface area contributed by atoms with Crippen LogP contribution in [0.3, 0.4) is 0 Å². The van der Waals surface area contributed by atoms with E-state index in [-0.39, 0.29) is 0 Å². The zero-order valence-electron chi connectivity index (χ0n) is 21.9. The molecule has 3 aromatic heterocycles. The smallest absolute Gasteiger partial charge is 0.135 e. The number of fused-ring (bicyclic) bond motifs is 10. The molecule has 0 aliphatic carbocycles. The molecule has 0 saturated carbocycles. The first-order valence-corrected chi connectivity index (χ1v) is 13.7. The molecule has 9 rings (SSSR count). The largest absolute Gasteiger partial charge is 0.456 e. The van der Waals surface area contributed by atoms with Gasteiger partial charge in [-0.3, -0.25) is 0 Å². The van der Waals surface area contributed by atoms with Gasteiger partial charge in [-0.2, -0.15) is 0 Å². The highest BCUT2D eigenvalue weighted by Gasteiger charge is 2.21. The first-order chi connectivity index (χ1) is 19.8. The van der Waals surface area contributed by atoms with Crippen LogP contribution >= 0.6 is 0 Å². The summed E-state index contributed by atoms with van der Waals surface area (Å²) in [6, 6.07) is 45.8. The van der Waals surface area contributed by atoms with Crippen LogP contribution in [0.5, 0.6) is 0 Å². The van der Waals surface area contributed by atoms with E-state index < -0.39 is 0 Å². The van der Waals surface area contributed by atoms with Crippen molar-refractivity contribution in [2.24, 2.45) is 0 Å². The number of nitrogens with zero attached hydrogens (tertiary/aromatic N) is 2. The van der Waals surface area contributed by atoms with Crippen LogP contribution in [0.1, 0.15) is 5.56 Å². The van der Waals surface area contributed by atoms with Gasteiger partial charge in [0.25, 0.3) is 0 Å². The SMILES string of the molecule is Cc1cccc(-n2c3ccccc3c3ccc4c5ccccc5n(-c5ccc6oc7ccccc7c6c5)c4c32)c1. The third-order valence-electron chi connectivity index (χ3n) is 8.35. The molecule has 0 radical (unpaired) electrons. The van der Waals surface area contributed by atoms with Crippen LogP contribution in [0.4, 0.5) is 0 Å². The third-order valence-corrected chi connectivity index (χ3v) is 8.35. The first kappa shape index (κ1) is 21.6. The van der Waals surface area contributed by atoms with E-state index in [1.807, 2.05) is 12.1 Å². The van der Waals surface area contributed by atoms with Crippen molar-refractivity contribution in [3.63, 3.8) is 0 Å². The average molecular weight is 513 g/mol. The quantitative estimate of drug-likeness (QED) is 0.226. The average Bonchev–Trinajstić information content (AvgIpc) is 3.64. The minimum atomic E-state index is 0.907. The molecule has 0 N–H and O–H groups in total. The van der Waals surface area contributed by atoms with Crippen molar-refractivity contribution >= 4 is 65.6 Å². The number of rotatable bonds is 2. The van der Waals surface area contributed by atoms with Gasteiger partial charge in [-0.1, -0.05) is 78.9 Å². The topological polar surface area (TPSA) is 23.0 Å². The molecule has 3 heterocycles. The Balaban J connectivity index is 1.51. The second-order valence-corrected chi connectivity index (χ2v) is 10.7. The van der Waals surface area contributed by atoms with Gasteiger partial charge in [-0.15, -0.1) is 0 Å². The van der Waals surface area contributed by atoms with E-state index in [9.17, 15) is 0 Å². The Morgan fingerprint density at radius 3 is 1.68 bits per heavy atom. The Kier molecular flexibility index (Phi) is 4.26. The second kappa shape index (κ2) is 7.87. The molecule has 0 aliphatic heterocycles. The van der Waals surface area contributed by atoms with Gasteiger partial charge in [-0.05, 0) is 61.0 Å².